The molecule has 0 radical (unpaired) electrons. The number of piperazine rings is 1. The molecular formula is C27H27N5O2. The molecule has 3 heterocycles. The number of amides is 1. The Labute approximate surface area is 198 Å². The summed E-state index contributed by atoms with van der Waals surface area (Å²) in [6, 6.07) is 18.8. The van der Waals surface area contributed by atoms with Gasteiger partial charge in [0.1, 0.15) is 5.75 Å². The number of carbonyl (C=O) groups excluding carboxylic acids is 1. The summed E-state index contributed by atoms with van der Waals surface area (Å²) >= 11 is 0. The second kappa shape index (κ2) is 9.49. The second-order valence-corrected chi connectivity index (χ2v) is 8.44. The van der Waals surface area contributed by atoms with Gasteiger partial charge >= 0.3 is 0 Å². The maximum Gasteiger partial charge on any atom is 0.255 e. The predicted octanol–water partition coefficient (Wildman–Crippen LogP) is 4.32. The lowest BCUT2D eigenvalue weighted by molar-refractivity contribution is 0.0633. The van der Waals surface area contributed by atoms with Crippen LogP contribution in [0.5, 0.6) is 5.75 Å². The Hall–Kier alpha value is -3.97. The van der Waals surface area contributed by atoms with Crippen LogP contribution in [-0.4, -0.2) is 56.8 Å². The highest BCUT2D eigenvalue weighted by atomic mass is 16.3. The molecule has 34 heavy (non-hydrogen) atoms. The van der Waals surface area contributed by atoms with Gasteiger partial charge in [-0.1, -0.05) is 43.3 Å². The molecule has 0 aliphatic carbocycles. The fourth-order valence-corrected chi connectivity index (χ4v) is 4.41. The molecule has 0 saturated carbocycles. The third-order valence-electron chi connectivity index (χ3n) is 6.27. The normalized spacial score (nSPS) is 16.4. The van der Waals surface area contributed by atoms with Crippen LogP contribution in [0.2, 0.25) is 0 Å². The molecule has 1 aliphatic rings. The fourth-order valence-electron chi connectivity index (χ4n) is 4.41. The summed E-state index contributed by atoms with van der Waals surface area (Å²) in [5.41, 5.74) is 4.33. The van der Waals surface area contributed by atoms with Crippen molar-refractivity contribution in [2.45, 2.75) is 19.4 Å². The quantitative estimate of drug-likeness (QED) is 0.418. The number of aromatic amines is 1. The number of aromatic nitrogens is 3. The molecule has 0 spiro atoms. The zero-order chi connectivity index (χ0) is 23.5. The molecule has 2 aromatic heterocycles. The van der Waals surface area contributed by atoms with E-state index in [2.05, 4.69) is 22.4 Å². The minimum Gasteiger partial charge on any atom is -0.508 e. The SMILES string of the molecule is CC[C@H]1CNCCN1C(=O)c1cc(-c2ccc(O)cc2)nc2[nH]nc(/C=C/c3ccccc3)c12. The lowest BCUT2D eigenvalue weighted by atomic mass is 10.0. The number of aromatic hydroxyl groups is 1. The highest BCUT2D eigenvalue weighted by Crippen LogP contribution is 2.29. The van der Waals surface area contributed by atoms with Gasteiger partial charge in [0.05, 0.1) is 22.3 Å². The van der Waals surface area contributed by atoms with E-state index in [1.165, 1.54) is 0 Å². The number of pyridine rings is 1. The lowest BCUT2D eigenvalue weighted by Gasteiger charge is -2.36. The molecule has 1 amide bonds. The summed E-state index contributed by atoms with van der Waals surface area (Å²) < 4.78 is 0. The van der Waals surface area contributed by atoms with Crippen LogP contribution < -0.4 is 5.32 Å². The molecule has 3 N–H and O–H groups in total. The van der Waals surface area contributed by atoms with Crippen molar-refractivity contribution in [3.63, 3.8) is 0 Å². The van der Waals surface area contributed by atoms with Crippen LogP contribution in [0.3, 0.4) is 0 Å². The molecule has 5 rings (SSSR count). The highest BCUT2D eigenvalue weighted by molar-refractivity contribution is 6.09. The molecule has 2 aromatic carbocycles. The monoisotopic (exact) mass is 453 g/mol. The first-order valence-electron chi connectivity index (χ1n) is 11.6. The van der Waals surface area contributed by atoms with E-state index in [0.29, 0.717) is 34.5 Å². The standard InChI is InChI=1S/C27H27N5O2/c1-2-20-17-28-14-15-32(20)27(34)22-16-24(19-9-11-21(33)12-10-19)29-26-25(22)23(30-31-26)13-8-18-6-4-3-5-7-18/h3-13,16,20,28,33H,2,14-15,17H2,1H3,(H,29,30,31)/b13-8+/t20-/m0/s1. The Morgan fingerprint density at radius 1 is 1.15 bits per heavy atom. The molecule has 1 aliphatic heterocycles. The van der Waals surface area contributed by atoms with Crippen LogP contribution in [0.25, 0.3) is 34.4 Å². The fraction of sp³-hybridized carbons (Fsp3) is 0.222. The van der Waals surface area contributed by atoms with Crippen molar-refractivity contribution < 1.29 is 9.90 Å². The molecular weight excluding hydrogens is 426 g/mol. The number of carbonyl (C=O) groups is 1. The van der Waals surface area contributed by atoms with Crippen molar-refractivity contribution in [2.75, 3.05) is 19.6 Å². The zero-order valence-electron chi connectivity index (χ0n) is 19.0. The first-order chi connectivity index (χ1) is 16.6. The molecule has 0 bridgehead atoms. The molecule has 1 saturated heterocycles. The minimum atomic E-state index is -0.0171. The number of phenols is 1. The maximum absolute atomic E-state index is 13.9. The molecule has 0 unspecified atom stereocenters. The molecule has 1 fully saturated rings. The predicted molar refractivity (Wildman–Crippen MR) is 134 cm³/mol. The summed E-state index contributed by atoms with van der Waals surface area (Å²) in [4.78, 5) is 20.6. The number of H-pyrrole nitrogens is 1. The first-order valence-corrected chi connectivity index (χ1v) is 11.6. The van der Waals surface area contributed by atoms with Crippen molar-refractivity contribution in [1.82, 2.24) is 25.4 Å². The Bertz CT molecular complexity index is 1330. The number of benzene rings is 2. The van der Waals surface area contributed by atoms with Gasteiger partial charge in [-0.3, -0.25) is 9.89 Å². The van der Waals surface area contributed by atoms with E-state index < -0.39 is 0 Å². The zero-order valence-corrected chi connectivity index (χ0v) is 19.0. The van der Waals surface area contributed by atoms with Crippen molar-refractivity contribution >= 4 is 29.1 Å². The van der Waals surface area contributed by atoms with Crippen molar-refractivity contribution in [3.05, 3.63) is 77.5 Å². The lowest BCUT2D eigenvalue weighted by Crippen LogP contribution is -2.53. The summed E-state index contributed by atoms with van der Waals surface area (Å²) in [7, 11) is 0. The van der Waals surface area contributed by atoms with E-state index in [9.17, 15) is 9.90 Å². The Morgan fingerprint density at radius 3 is 2.71 bits per heavy atom. The average molecular weight is 454 g/mol. The number of hydrogen-bond acceptors (Lipinski definition) is 5. The molecule has 7 nitrogen and oxygen atoms in total. The van der Waals surface area contributed by atoms with Gasteiger partial charge < -0.3 is 15.3 Å². The number of phenolic OH excluding ortho intramolecular Hbond substituents is 1. The van der Waals surface area contributed by atoms with Gasteiger partial charge in [-0.2, -0.15) is 5.10 Å². The van der Waals surface area contributed by atoms with Gasteiger partial charge in [-0.15, -0.1) is 0 Å². The van der Waals surface area contributed by atoms with Gasteiger partial charge in [0.15, 0.2) is 5.65 Å². The Balaban J connectivity index is 1.64. The summed E-state index contributed by atoms with van der Waals surface area (Å²) in [6.07, 6.45) is 4.78. The third kappa shape index (κ3) is 4.30. The maximum atomic E-state index is 13.9. The number of nitrogens with zero attached hydrogens (tertiary/aromatic N) is 3. The van der Waals surface area contributed by atoms with Gasteiger partial charge in [0, 0.05) is 31.2 Å². The summed E-state index contributed by atoms with van der Waals surface area (Å²) in [5, 5.41) is 21.3. The number of hydrogen-bond donors (Lipinski definition) is 3. The van der Waals surface area contributed by atoms with Crippen molar-refractivity contribution in [3.8, 4) is 17.0 Å². The van der Waals surface area contributed by atoms with Crippen LogP contribution in [0, 0.1) is 0 Å². The first kappa shape index (κ1) is 21.9. The number of rotatable bonds is 5. The van der Waals surface area contributed by atoms with Gasteiger partial charge in [-0.25, -0.2) is 4.98 Å². The minimum absolute atomic E-state index is 0.0171. The highest BCUT2D eigenvalue weighted by Gasteiger charge is 2.29. The van der Waals surface area contributed by atoms with Gasteiger partial charge in [0.2, 0.25) is 0 Å². The van der Waals surface area contributed by atoms with E-state index in [1.54, 1.807) is 24.3 Å². The summed E-state index contributed by atoms with van der Waals surface area (Å²) in [6.45, 7) is 4.32. The van der Waals surface area contributed by atoms with Crippen LogP contribution in [0.15, 0.2) is 60.7 Å². The van der Waals surface area contributed by atoms with Crippen LogP contribution >= 0.6 is 0 Å². The third-order valence-corrected chi connectivity index (χ3v) is 6.27. The topological polar surface area (TPSA) is 94.1 Å². The number of fused-ring (bicyclic) bond motifs is 1. The van der Waals surface area contributed by atoms with Crippen LogP contribution in [-0.2, 0) is 0 Å². The Morgan fingerprint density at radius 2 is 1.94 bits per heavy atom. The van der Waals surface area contributed by atoms with E-state index in [1.807, 2.05) is 53.5 Å². The largest absolute Gasteiger partial charge is 0.508 e. The number of nitrogens with one attached hydrogen (secondary N) is 2. The molecule has 7 heteroatoms. The summed E-state index contributed by atoms with van der Waals surface area (Å²) in [5.74, 6) is 0.166. The van der Waals surface area contributed by atoms with Gasteiger partial charge in [0.25, 0.3) is 5.91 Å². The Kier molecular flexibility index (Phi) is 6.10. The van der Waals surface area contributed by atoms with Crippen molar-refractivity contribution in [2.24, 2.45) is 0 Å². The van der Waals surface area contributed by atoms with E-state index in [-0.39, 0.29) is 17.7 Å². The molecule has 172 valence electrons. The smallest absolute Gasteiger partial charge is 0.255 e. The van der Waals surface area contributed by atoms with Gasteiger partial charge in [-0.05, 0) is 48.4 Å². The van der Waals surface area contributed by atoms with Crippen molar-refractivity contribution in [1.29, 1.82) is 0 Å². The molecule has 1 atom stereocenters. The van der Waals surface area contributed by atoms with E-state index in [0.717, 1.165) is 30.6 Å². The molecule has 4 aromatic rings. The van der Waals surface area contributed by atoms with Crippen LogP contribution in [0.1, 0.15) is 35.0 Å². The average Bonchev–Trinajstić information content (AvgIpc) is 3.30. The second-order valence-electron chi connectivity index (χ2n) is 8.44. The van der Waals surface area contributed by atoms with Crippen LogP contribution in [0.4, 0.5) is 0 Å². The van der Waals surface area contributed by atoms with E-state index >= 15 is 0 Å². The van der Waals surface area contributed by atoms with E-state index in [4.69, 9.17) is 4.98 Å².